The molecule has 4 heteroatoms. The highest BCUT2D eigenvalue weighted by molar-refractivity contribution is 7.12. The number of ketones is 1. The molecule has 2 heterocycles. The number of carbonyl (C=O) groups excluding carboxylic acids is 1. The predicted octanol–water partition coefficient (Wildman–Crippen LogP) is 2.69. The van der Waals surface area contributed by atoms with Crippen LogP contribution >= 0.6 is 11.3 Å². The molecule has 1 aromatic rings. The van der Waals surface area contributed by atoms with E-state index in [1.54, 1.807) is 6.92 Å². The molecule has 0 aliphatic carbocycles. The van der Waals surface area contributed by atoms with Gasteiger partial charge < -0.3 is 0 Å². The lowest BCUT2D eigenvalue weighted by Crippen LogP contribution is -2.34. The minimum Gasteiger partial charge on any atom is -0.298 e. The van der Waals surface area contributed by atoms with Crippen LogP contribution in [0.1, 0.15) is 35.0 Å². The van der Waals surface area contributed by atoms with Crippen molar-refractivity contribution in [2.45, 2.75) is 26.3 Å². The van der Waals surface area contributed by atoms with Gasteiger partial charge in [0, 0.05) is 13.1 Å². The van der Waals surface area contributed by atoms with Crippen LogP contribution in [0.25, 0.3) is 0 Å². The summed E-state index contributed by atoms with van der Waals surface area (Å²) < 4.78 is 0. The molecule has 1 atom stereocenters. The molecule has 1 saturated heterocycles. The number of Topliss-reactive ketones (excluding diaryl/α,β-unsaturated/α-hetero) is 1. The highest BCUT2D eigenvalue weighted by Gasteiger charge is 2.19. The molecule has 0 N–H and O–H groups in total. The number of likely N-dealkylation sites (tertiary alicyclic amines) is 1. The molecule has 90 valence electrons. The summed E-state index contributed by atoms with van der Waals surface area (Å²) in [6.45, 7) is 4.38. The summed E-state index contributed by atoms with van der Waals surface area (Å²) in [7, 11) is 0. The Morgan fingerprint density at radius 1 is 1.71 bits per heavy atom. The topological polar surface area (TPSA) is 44.1 Å². The molecule has 0 amide bonds. The zero-order valence-electron chi connectivity index (χ0n) is 9.98. The molecule has 1 aliphatic rings. The van der Waals surface area contributed by atoms with Crippen molar-refractivity contribution in [1.29, 1.82) is 5.26 Å². The third-order valence-corrected chi connectivity index (χ3v) is 4.17. The fourth-order valence-electron chi connectivity index (χ4n) is 2.21. The minimum absolute atomic E-state index is 0.134. The van der Waals surface area contributed by atoms with Crippen molar-refractivity contribution in [3.05, 3.63) is 21.9 Å². The van der Waals surface area contributed by atoms with Gasteiger partial charge in [-0.2, -0.15) is 5.26 Å². The van der Waals surface area contributed by atoms with E-state index in [4.69, 9.17) is 5.26 Å². The van der Waals surface area contributed by atoms with Crippen LogP contribution in [0.5, 0.6) is 0 Å². The van der Waals surface area contributed by atoms with Crippen LogP contribution < -0.4 is 0 Å². The molecular formula is C13H16N2OS. The smallest absolute Gasteiger partial charge is 0.169 e. The lowest BCUT2D eigenvalue weighted by molar-refractivity contribution is 0.102. The first-order valence-corrected chi connectivity index (χ1v) is 6.77. The van der Waals surface area contributed by atoms with Gasteiger partial charge >= 0.3 is 0 Å². The molecule has 1 aromatic heterocycles. The summed E-state index contributed by atoms with van der Waals surface area (Å²) in [5.74, 6) is 0.310. The number of hydrogen-bond acceptors (Lipinski definition) is 4. The third-order valence-electron chi connectivity index (χ3n) is 3.10. The summed E-state index contributed by atoms with van der Waals surface area (Å²) >= 11 is 1.51. The van der Waals surface area contributed by atoms with E-state index in [1.165, 1.54) is 16.9 Å². The first-order valence-electron chi connectivity index (χ1n) is 5.89. The van der Waals surface area contributed by atoms with Crippen molar-refractivity contribution in [1.82, 2.24) is 4.90 Å². The van der Waals surface area contributed by atoms with E-state index < -0.39 is 0 Å². The van der Waals surface area contributed by atoms with Crippen LogP contribution in [-0.2, 0) is 6.54 Å². The molecule has 17 heavy (non-hydrogen) atoms. The van der Waals surface area contributed by atoms with E-state index in [0.29, 0.717) is 0 Å². The number of rotatable bonds is 3. The normalized spacial score (nSPS) is 21.1. The molecule has 0 aromatic carbocycles. The first kappa shape index (κ1) is 12.3. The maximum atomic E-state index is 11.2. The largest absolute Gasteiger partial charge is 0.298 e. The van der Waals surface area contributed by atoms with Gasteiger partial charge in [0.25, 0.3) is 0 Å². The Bertz CT molecular complexity index is 447. The lowest BCUT2D eigenvalue weighted by Gasteiger charge is -2.29. The minimum atomic E-state index is 0.134. The molecule has 1 aliphatic heterocycles. The number of hydrogen-bond donors (Lipinski definition) is 0. The van der Waals surface area contributed by atoms with Gasteiger partial charge in [-0.25, -0.2) is 0 Å². The van der Waals surface area contributed by atoms with Gasteiger partial charge in [-0.05, 0) is 43.3 Å². The molecule has 1 fully saturated rings. The van der Waals surface area contributed by atoms with E-state index in [0.717, 1.165) is 37.4 Å². The Morgan fingerprint density at radius 2 is 2.53 bits per heavy atom. The first-order chi connectivity index (χ1) is 8.19. The van der Waals surface area contributed by atoms with E-state index in [-0.39, 0.29) is 11.7 Å². The molecule has 3 nitrogen and oxygen atoms in total. The third kappa shape index (κ3) is 3.15. The summed E-state index contributed by atoms with van der Waals surface area (Å²) in [5.41, 5.74) is 1.19. The van der Waals surface area contributed by atoms with Gasteiger partial charge in [-0.15, -0.1) is 11.3 Å². The number of nitrogens with zero attached hydrogens (tertiary/aromatic N) is 2. The van der Waals surface area contributed by atoms with Gasteiger partial charge in [0.2, 0.25) is 0 Å². The molecule has 0 saturated carbocycles. The number of thiophene rings is 1. The SMILES string of the molecule is CC(=O)c1cc(CN2CCCC(C#N)C2)cs1. The molecule has 1 unspecified atom stereocenters. The van der Waals surface area contributed by atoms with Crippen LogP contribution in [0.3, 0.4) is 0 Å². The number of carbonyl (C=O) groups is 1. The van der Waals surface area contributed by atoms with Gasteiger partial charge in [0.05, 0.1) is 16.9 Å². The van der Waals surface area contributed by atoms with Crippen molar-refractivity contribution in [2.24, 2.45) is 5.92 Å². The van der Waals surface area contributed by atoms with Gasteiger partial charge in [-0.1, -0.05) is 0 Å². The van der Waals surface area contributed by atoms with Crippen LogP contribution in [0.2, 0.25) is 0 Å². The average Bonchev–Trinajstić information content (AvgIpc) is 2.78. The molecule has 0 radical (unpaired) electrons. The fraction of sp³-hybridized carbons (Fsp3) is 0.538. The molecular weight excluding hydrogens is 232 g/mol. The summed E-state index contributed by atoms with van der Waals surface area (Å²) in [6.07, 6.45) is 2.12. The Hall–Kier alpha value is -1.18. The molecule has 0 spiro atoms. The summed E-state index contributed by atoms with van der Waals surface area (Å²) in [5, 5.41) is 11.0. The van der Waals surface area contributed by atoms with E-state index in [1.807, 2.05) is 11.4 Å². The zero-order chi connectivity index (χ0) is 12.3. The van der Waals surface area contributed by atoms with Crippen LogP contribution in [-0.4, -0.2) is 23.8 Å². The van der Waals surface area contributed by atoms with Crippen molar-refractivity contribution in [2.75, 3.05) is 13.1 Å². The van der Waals surface area contributed by atoms with E-state index in [2.05, 4.69) is 11.0 Å². The van der Waals surface area contributed by atoms with Crippen molar-refractivity contribution in [3.8, 4) is 6.07 Å². The molecule has 2 rings (SSSR count). The summed E-state index contributed by atoms with van der Waals surface area (Å²) in [6, 6.07) is 4.33. The van der Waals surface area contributed by atoms with Crippen LogP contribution in [0.15, 0.2) is 11.4 Å². The Kier molecular flexibility index (Phi) is 3.93. The standard InChI is InChI=1S/C13H16N2OS/c1-10(16)13-5-12(9-17-13)8-15-4-2-3-11(6-14)7-15/h5,9,11H,2-4,7-8H2,1H3. The number of piperidine rings is 1. The number of nitriles is 1. The molecule has 0 bridgehead atoms. The maximum absolute atomic E-state index is 11.2. The average molecular weight is 248 g/mol. The van der Waals surface area contributed by atoms with E-state index in [9.17, 15) is 4.79 Å². The second kappa shape index (κ2) is 5.44. The quantitative estimate of drug-likeness (QED) is 0.772. The highest BCUT2D eigenvalue weighted by Crippen LogP contribution is 2.21. The second-order valence-corrected chi connectivity index (χ2v) is 5.49. The Balaban J connectivity index is 1.96. The Morgan fingerprint density at radius 3 is 3.18 bits per heavy atom. The van der Waals surface area contributed by atoms with E-state index >= 15 is 0 Å². The summed E-state index contributed by atoms with van der Waals surface area (Å²) in [4.78, 5) is 14.3. The van der Waals surface area contributed by atoms with Crippen molar-refractivity contribution >= 4 is 17.1 Å². The van der Waals surface area contributed by atoms with Gasteiger partial charge in [0.1, 0.15) is 0 Å². The second-order valence-electron chi connectivity index (χ2n) is 4.58. The Labute approximate surface area is 106 Å². The van der Waals surface area contributed by atoms with Gasteiger partial charge in [-0.3, -0.25) is 9.69 Å². The van der Waals surface area contributed by atoms with Crippen LogP contribution in [0, 0.1) is 17.2 Å². The van der Waals surface area contributed by atoms with Crippen LogP contribution in [0.4, 0.5) is 0 Å². The fourth-order valence-corrected chi connectivity index (χ4v) is 3.01. The maximum Gasteiger partial charge on any atom is 0.169 e. The zero-order valence-corrected chi connectivity index (χ0v) is 10.8. The lowest BCUT2D eigenvalue weighted by atomic mass is 9.99. The predicted molar refractivity (Wildman–Crippen MR) is 67.9 cm³/mol. The highest BCUT2D eigenvalue weighted by atomic mass is 32.1. The van der Waals surface area contributed by atoms with Crippen molar-refractivity contribution < 1.29 is 4.79 Å². The monoisotopic (exact) mass is 248 g/mol. The van der Waals surface area contributed by atoms with Crippen molar-refractivity contribution in [3.63, 3.8) is 0 Å². The van der Waals surface area contributed by atoms with Gasteiger partial charge in [0.15, 0.2) is 5.78 Å².